The average molecular weight is 178 g/mol. The maximum Gasteiger partial charge on any atom is 0.286 e. The smallest absolute Gasteiger partial charge is 0.286 e. The summed E-state index contributed by atoms with van der Waals surface area (Å²) in [6.07, 6.45) is 1.46. The maximum absolute atomic E-state index is 10.5. The number of para-hydroxylation sites is 1. The van der Waals surface area contributed by atoms with Crippen molar-refractivity contribution in [1.29, 1.82) is 5.26 Å². The second kappa shape index (κ2) is 4.07. The minimum atomic E-state index is -0.504. The number of nitriles is 1. The molecular formula is C8H6N2O3. The van der Waals surface area contributed by atoms with Crippen molar-refractivity contribution in [3.05, 3.63) is 39.9 Å². The van der Waals surface area contributed by atoms with Gasteiger partial charge >= 0.3 is 0 Å². The number of ether oxygens (including phenoxy) is 1. The van der Waals surface area contributed by atoms with Crippen molar-refractivity contribution >= 4 is 5.69 Å². The molecule has 66 valence electrons. The monoisotopic (exact) mass is 178 g/mol. The normalized spacial score (nSPS) is 8.85. The van der Waals surface area contributed by atoms with Crippen LogP contribution in [0.1, 0.15) is 5.56 Å². The van der Waals surface area contributed by atoms with Crippen LogP contribution in [0.2, 0.25) is 0 Å². The molecule has 0 aliphatic heterocycles. The lowest BCUT2D eigenvalue weighted by Crippen LogP contribution is -1.95. The maximum atomic E-state index is 10.5. The first-order chi connectivity index (χ1) is 6.25. The summed E-state index contributed by atoms with van der Waals surface area (Å²) in [6.45, 7) is -0.0619. The molecule has 0 aliphatic rings. The van der Waals surface area contributed by atoms with Gasteiger partial charge in [0.2, 0.25) is 0 Å². The number of hydrogen-bond acceptors (Lipinski definition) is 4. The molecule has 0 saturated heterocycles. The molecule has 0 bridgehead atoms. The minimum absolute atomic E-state index is 0.0299. The Hall–Kier alpha value is -2.09. The van der Waals surface area contributed by atoms with Crippen LogP contribution in [0.4, 0.5) is 5.69 Å². The van der Waals surface area contributed by atoms with Crippen LogP contribution in [0.3, 0.4) is 0 Å². The Bertz CT molecular complexity index is 357. The molecule has 0 fully saturated rings. The summed E-state index contributed by atoms with van der Waals surface area (Å²) in [6, 6.07) is 6.14. The summed E-state index contributed by atoms with van der Waals surface area (Å²) in [5.74, 6) is 0. The fourth-order valence-electron chi connectivity index (χ4n) is 0.921. The zero-order chi connectivity index (χ0) is 9.68. The van der Waals surface area contributed by atoms with E-state index in [4.69, 9.17) is 5.26 Å². The fourth-order valence-corrected chi connectivity index (χ4v) is 0.921. The topological polar surface area (TPSA) is 76.2 Å². The number of nitrogens with zero attached hydrogens (tertiary/aromatic N) is 2. The molecule has 0 aromatic heterocycles. The van der Waals surface area contributed by atoms with E-state index in [0.29, 0.717) is 5.56 Å². The highest BCUT2D eigenvalue weighted by Gasteiger charge is 2.11. The third kappa shape index (κ3) is 2.17. The van der Waals surface area contributed by atoms with Gasteiger partial charge in [-0.05, 0) is 6.07 Å². The Morgan fingerprint density at radius 3 is 2.85 bits per heavy atom. The van der Waals surface area contributed by atoms with Crippen LogP contribution in [0, 0.1) is 21.6 Å². The number of benzene rings is 1. The molecule has 0 unspecified atom stereocenters. The minimum Gasteiger partial charge on any atom is -0.422 e. The Balaban J connectivity index is 2.92. The van der Waals surface area contributed by atoms with E-state index < -0.39 is 4.92 Å². The predicted octanol–water partition coefficient (Wildman–Crippen LogP) is 1.59. The van der Waals surface area contributed by atoms with Crippen LogP contribution in [0.25, 0.3) is 0 Å². The summed E-state index contributed by atoms with van der Waals surface area (Å²) in [4.78, 5) is 9.95. The molecule has 1 aromatic rings. The lowest BCUT2D eigenvalue weighted by Gasteiger charge is -1.98. The van der Waals surface area contributed by atoms with Crippen LogP contribution in [-0.4, -0.2) is 4.92 Å². The second-order valence-electron chi connectivity index (χ2n) is 2.27. The molecule has 1 aromatic carbocycles. The summed E-state index contributed by atoms with van der Waals surface area (Å²) in [5.41, 5.74) is 0.367. The molecule has 0 atom stereocenters. The van der Waals surface area contributed by atoms with Crippen LogP contribution >= 0.6 is 0 Å². The molecule has 0 aliphatic carbocycles. The van der Waals surface area contributed by atoms with E-state index in [1.807, 2.05) is 0 Å². The van der Waals surface area contributed by atoms with Crippen LogP contribution in [0.5, 0.6) is 0 Å². The number of nitro benzene ring substituents is 1. The largest absolute Gasteiger partial charge is 0.422 e. The van der Waals surface area contributed by atoms with Gasteiger partial charge in [-0.3, -0.25) is 10.1 Å². The first-order valence-corrected chi connectivity index (χ1v) is 3.49. The van der Waals surface area contributed by atoms with Crippen molar-refractivity contribution in [1.82, 2.24) is 0 Å². The Morgan fingerprint density at radius 2 is 2.23 bits per heavy atom. The highest BCUT2D eigenvalue weighted by atomic mass is 16.6. The molecule has 0 saturated carbocycles. The molecule has 1 rings (SSSR count). The molecule has 0 amide bonds. The van der Waals surface area contributed by atoms with Gasteiger partial charge in [0, 0.05) is 6.07 Å². The number of rotatable bonds is 3. The van der Waals surface area contributed by atoms with E-state index in [2.05, 4.69) is 4.74 Å². The third-order valence-corrected chi connectivity index (χ3v) is 1.48. The van der Waals surface area contributed by atoms with Gasteiger partial charge < -0.3 is 4.74 Å². The lowest BCUT2D eigenvalue weighted by molar-refractivity contribution is -0.385. The zero-order valence-corrected chi connectivity index (χ0v) is 6.64. The van der Waals surface area contributed by atoms with Crippen molar-refractivity contribution in [3.63, 3.8) is 0 Å². The van der Waals surface area contributed by atoms with E-state index >= 15 is 0 Å². The van der Waals surface area contributed by atoms with Gasteiger partial charge in [-0.2, -0.15) is 5.26 Å². The molecule has 0 spiro atoms. The van der Waals surface area contributed by atoms with E-state index in [9.17, 15) is 10.1 Å². The van der Waals surface area contributed by atoms with Crippen molar-refractivity contribution in [2.45, 2.75) is 6.61 Å². The van der Waals surface area contributed by atoms with Crippen LogP contribution in [0.15, 0.2) is 24.3 Å². The van der Waals surface area contributed by atoms with E-state index in [1.54, 1.807) is 18.2 Å². The second-order valence-corrected chi connectivity index (χ2v) is 2.27. The third-order valence-electron chi connectivity index (χ3n) is 1.48. The molecule has 13 heavy (non-hydrogen) atoms. The van der Waals surface area contributed by atoms with Gasteiger partial charge in [-0.25, -0.2) is 0 Å². The van der Waals surface area contributed by atoms with Gasteiger partial charge in [0.1, 0.15) is 6.61 Å². The standard InChI is InChI=1S/C8H6N2O3/c9-6-13-5-7-3-1-2-4-8(7)10(11)12/h1-4H,5H2. The quantitative estimate of drug-likeness (QED) is 0.400. The summed E-state index contributed by atoms with van der Waals surface area (Å²) in [5, 5.41) is 18.6. The summed E-state index contributed by atoms with van der Waals surface area (Å²) in [7, 11) is 0. The molecule has 0 N–H and O–H groups in total. The van der Waals surface area contributed by atoms with E-state index in [0.717, 1.165) is 0 Å². The molecular weight excluding hydrogens is 172 g/mol. The van der Waals surface area contributed by atoms with Crippen molar-refractivity contribution < 1.29 is 9.66 Å². The highest BCUT2D eigenvalue weighted by molar-refractivity contribution is 5.39. The Morgan fingerprint density at radius 1 is 1.54 bits per heavy atom. The molecule has 0 radical (unpaired) electrons. The van der Waals surface area contributed by atoms with Crippen molar-refractivity contribution in [2.24, 2.45) is 0 Å². The SMILES string of the molecule is N#COCc1ccccc1[N+](=O)[O-]. The van der Waals surface area contributed by atoms with Gasteiger partial charge in [0.25, 0.3) is 11.9 Å². The van der Waals surface area contributed by atoms with E-state index in [-0.39, 0.29) is 12.3 Å². The molecule has 5 nitrogen and oxygen atoms in total. The number of nitro groups is 1. The first kappa shape index (κ1) is 9.00. The molecule has 0 heterocycles. The highest BCUT2D eigenvalue weighted by Crippen LogP contribution is 2.17. The number of hydrogen-bond donors (Lipinski definition) is 0. The van der Waals surface area contributed by atoms with Gasteiger partial charge in [-0.1, -0.05) is 12.1 Å². The first-order valence-electron chi connectivity index (χ1n) is 3.49. The van der Waals surface area contributed by atoms with Crippen molar-refractivity contribution in [3.8, 4) is 6.26 Å². The van der Waals surface area contributed by atoms with Gasteiger partial charge in [0.15, 0.2) is 0 Å². The summed E-state index contributed by atoms with van der Waals surface area (Å²) < 4.78 is 4.41. The zero-order valence-electron chi connectivity index (χ0n) is 6.64. The van der Waals surface area contributed by atoms with Crippen LogP contribution < -0.4 is 0 Å². The van der Waals surface area contributed by atoms with Gasteiger partial charge in [-0.15, -0.1) is 0 Å². The average Bonchev–Trinajstić information content (AvgIpc) is 2.15. The summed E-state index contributed by atoms with van der Waals surface area (Å²) >= 11 is 0. The molecule has 5 heteroatoms. The van der Waals surface area contributed by atoms with Crippen LogP contribution in [-0.2, 0) is 11.3 Å². The Kier molecular flexibility index (Phi) is 2.82. The fraction of sp³-hybridized carbons (Fsp3) is 0.125. The Labute approximate surface area is 74.3 Å². The lowest BCUT2D eigenvalue weighted by atomic mass is 10.2. The van der Waals surface area contributed by atoms with E-state index in [1.165, 1.54) is 12.3 Å². The predicted molar refractivity (Wildman–Crippen MR) is 43.5 cm³/mol. The van der Waals surface area contributed by atoms with Gasteiger partial charge in [0.05, 0.1) is 10.5 Å². The van der Waals surface area contributed by atoms with Crippen molar-refractivity contribution in [2.75, 3.05) is 0 Å².